The second kappa shape index (κ2) is 9.60. The third-order valence-corrected chi connectivity index (χ3v) is 5.52. The Balaban J connectivity index is 0.00000137. The molecule has 188 valence electrons. The minimum Gasteiger partial charge on any atom is -0.446 e. The molecule has 1 amide bonds. The summed E-state index contributed by atoms with van der Waals surface area (Å²) in [7, 11) is 0. The fourth-order valence-corrected chi connectivity index (χ4v) is 3.87. The molecule has 2 N–H and O–H groups in total. The molecule has 1 aromatic carbocycles. The van der Waals surface area contributed by atoms with Crippen molar-refractivity contribution in [3.63, 3.8) is 0 Å². The van der Waals surface area contributed by atoms with Crippen LogP contribution in [0.4, 0.5) is 25.4 Å². The summed E-state index contributed by atoms with van der Waals surface area (Å²) in [6.07, 6.45) is 3.61. The Bertz CT molecular complexity index is 1580. The van der Waals surface area contributed by atoms with E-state index >= 15 is 0 Å². The Kier molecular flexibility index (Phi) is 6.17. The zero-order valence-electron chi connectivity index (χ0n) is 19.7. The fraction of sp³-hybridized carbons (Fsp3) is 0.167. The SMILES string of the molecule is CC.Nc1nnc(-c2ccc(-c3cnn4ccc(N5C(=O)OCC5c5ccc(F)cn5)nc34)cc2F)o1. The van der Waals surface area contributed by atoms with Crippen LogP contribution in [0.15, 0.2) is 59.4 Å². The van der Waals surface area contributed by atoms with Crippen LogP contribution in [-0.2, 0) is 4.74 Å². The number of halogens is 2. The molecular weight excluding hydrogens is 486 g/mol. The van der Waals surface area contributed by atoms with Gasteiger partial charge in [-0.25, -0.2) is 28.0 Å². The van der Waals surface area contributed by atoms with Crippen molar-refractivity contribution in [3.8, 4) is 22.6 Å². The van der Waals surface area contributed by atoms with E-state index < -0.39 is 23.8 Å². The molecule has 0 radical (unpaired) electrons. The summed E-state index contributed by atoms with van der Waals surface area (Å²) < 4.78 is 40.0. The van der Waals surface area contributed by atoms with Crippen LogP contribution in [0.5, 0.6) is 0 Å². The maximum atomic E-state index is 14.9. The minimum atomic E-state index is -0.617. The van der Waals surface area contributed by atoms with Gasteiger partial charge >= 0.3 is 12.1 Å². The number of hydrogen-bond donors (Lipinski definition) is 1. The third-order valence-electron chi connectivity index (χ3n) is 5.52. The van der Waals surface area contributed by atoms with Gasteiger partial charge in [-0.15, -0.1) is 5.10 Å². The number of fused-ring (bicyclic) bond motifs is 1. The number of nitrogen functional groups attached to an aromatic ring is 1. The number of rotatable bonds is 4. The van der Waals surface area contributed by atoms with E-state index in [-0.39, 0.29) is 29.9 Å². The number of ether oxygens (including phenoxy) is 1. The molecular formula is C24H20F2N8O3. The molecule has 11 nitrogen and oxygen atoms in total. The Labute approximate surface area is 208 Å². The molecule has 5 heterocycles. The van der Waals surface area contributed by atoms with Crippen LogP contribution in [0.3, 0.4) is 0 Å². The molecule has 0 spiro atoms. The summed E-state index contributed by atoms with van der Waals surface area (Å²) in [5.74, 6) is -0.863. The zero-order valence-corrected chi connectivity index (χ0v) is 19.7. The van der Waals surface area contributed by atoms with Gasteiger partial charge in [-0.2, -0.15) is 5.10 Å². The van der Waals surface area contributed by atoms with Crippen molar-refractivity contribution in [2.45, 2.75) is 19.9 Å². The number of nitrogens with zero attached hydrogens (tertiary/aromatic N) is 7. The number of cyclic esters (lactones) is 1. The lowest BCUT2D eigenvalue weighted by molar-refractivity contribution is 0.178. The number of benzene rings is 1. The van der Waals surface area contributed by atoms with Gasteiger partial charge in [0.05, 0.1) is 23.7 Å². The van der Waals surface area contributed by atoms with Crippen molar-refractivity contribution >= 4 is 23.6 Å². The molecule has 1 fully saturated rings. The number of hydrogen-bond acceptors (Lipinski definition) is 9. The number of anilines is 2. The van der Waals surface area contributed by atoms with E-state index in [1.165, 1.54) is 39.9 Å². The normalized spacial score (nSPS) is 15.0. The van der Waals surface area contributed by atoms with E-state index in [0.29, 0.717) is 22.5 Å². The van der Waals surface area contributed by atoms with Crippen LogP contribution in [-0.4, -0.2) is 42.5 Å². The van der Waals surface area contributed by atoms with E-state index in [4.69, 9.17) is 14.9 Å². The molecule has 0 aliphatic carbocycles. The van der Waals surface area contributed by atoms with E-state index in [1.54, 1.807) is 18.3 Å². The van der Waals surface area contributed by atoms with Gasteiger partial charge in [-0.3, -0.25) is 4.98 Å². The van der Waals surface area contributed by atoms with E-state index in [9.17, 15) is 13.6 Å². The van der Waals surface area contributed by atoms with E-state index in [2.05, 4.69) is 25.3 Å². The number of amides is 1. The second-order valence-electron chi connectivity index (χ2n) is 7.62. The minimum absolute atomic E-state index is 0.0311. The molecule has 1 saturated heterocycles. The van der Waals surface area contributed by atoms with Crippen LogP contribution in [0.2, 0.25) is 0 Å². The predicted octanol–water partition coefficient (Wildman–Crippen LogP) is 4.43. The van der Waals surface area contributed by atoms with Gasteiger partial charge in [0.1, 0.15) is 30.1 Å². The highest BCUT2D eigenvalue weighted by Crippen LogP contribution is 2.33. The van der Waals surface area contributed by atoms with Crippen LogP contribution in [0.25, 0.3) is 28.2 Å². The number of carbonyl (C=O) groups is 1. The molecule has 37 heavy (non-hydrogen) atoms. The van der Waals surface area contributed by atoms with Crippen molar-refractivity contribution in [2.75, 3.05) is 17.2 Å². The lowest BCUT2D eigenvalue weighted by Crippen LogP contribution is -2.28. The van der Waals surface area contributed by atoms with Crippen molar-refractivity contribution in [3.05, 3.63) is 72.3 Å². The summed E-state index contributed by atoms with van der Waals surface area (Å²) in [5.41, 5.74) is 7.35. The van der Waals surface area contributed by atoms with Gasteiger partial charge in [0.15, 0.2) is 5.65 Å². The molecule has 0 saturated carbocycles. The van der Waals surface area contributed by atoms with Crippen molar-refractivity contribution < 1.29 is 22.7 Å². The average Bonchev–Trinajstić information content (AvgIpc) is 3.63. The highest BCUT2D eigenvalue weighted by molar-refractivity contribution is 5.90. The molecule has 1 unspecified atom stereocenters. The number of nitrogens with two attached hydrogens (primary N) is 1. The highest BCUT2D eigenvalue weighted by Gasteiger charge is 2.37. The van der Waals surface area contributed by atoms with Gasteiger partial charge in [0.25, 0.3) is 5.89 Å². The first kappa shape index (κ1) is 23.8. The van der Waals surface area contributed by atoms with E-state index in [1.807, 2.05) is 13.8 Å². The lowest BCUT2D eigenvalue weighted by atomic mass is 10.1. The quantitative estimate of drug-likeness (QED) is 0.375. The smallest absolute Gasteiger partial charge is 0.416 e. The van der Waals surface area contributed by atoms with Crippen molar-refractivity contribution in [2.24, 2.45) is 0 Å². The number of carbonyl (C=O) groups excluding carboxylic acids is 1. The molecule has 4 aromatic heterocycles. The summed E-state index contributed by atoms with van der Waals surface area (Å²) in [6.45, 7) is 4.03. The molecule has 13 heteroatoms. The van der Waals surface area contributed by atoms with Gasteiger partial charge in [0, 0.05) is 11.8 Å². The third kappa shape index (κ3) is 4.30. The van der Waals surface area contributed by atoms with Crippen LogP contribution >= 0.6 is 0 Å². The number of pyridine rings is 1. The lowest BCUT2D eigenvalue weighted by Gasteiger charge is -2.20. The van der Waals surface area contributed by atoms with E-state index in [0.717, 1.165) is 6.20 Å². The Morgan fingerprint density at radius 2 is 1.89 bits per heavy atom. The van der Waals surface area contributed by atoms with Gasteiger partial charge in [0.2, 0.25) is 0 Å². The highest BCUT2D eigenvalue weighted by atomic mass is 19.1. The second-order valence-corrected chi connectivity index (χ2v) is 7.62. The Morgan fingerprint density at radius 1 is 1.05 bits per heavy atom. The predicted molar refractivity (Wildman–Crippen MR) is 128 cm³/mol. The summed E-state index contributed by atoms with van der Waals surface area (Å²) in [5, 5.41) is 11.5. The van der Waals surface area contributed by atoms with Gasteiger partial charge in [-0.05, 0) is 35.9 Å². The summed E-state index contributed by atoms with van der Waals surface area (Å²) in [6, 6.07) is 8.00. The Hall–Kier alpha value is -4.94. The van der Waals surface area contributed by atoms with Crippen LogP contribution < -0.4 is 10.6 Å². The average molecular weight is 506 g/mol. The monoisotopic (exact) mass is 506 g/mol. The molecule has 5 aromatic rings. The first-order chi connectivity index (χ1) is 18.0. The fourth-order valence-electron chi connectivity index (χ4n) is 3.87. The molecule has 1 aliphatic rings. The maximum Gasteiger partial charge on any atom is 0.416 e. The summed E-state index contributed by atoms with van der Waals surface area (Å²) >= 11 is 0. The molecule has 1 aliphatic heterocycles. The zero-order chi connectivity index (χ0) is 26.1. The van der Waals surface area contributed by atoms with Crippen LogP contribution in [0.1, 0.15) is 25.6 Å². The Morgan fingerprint density at radius 3 is 2.59 bits per heavy atom. The van der Waals surface area contributed by atoms with Gasteiger partial charge < -0.3 is 14.9 Å². The first-order valence-electron chi connectivity index (χ1n) is 11.3. The first-order valence-corrected chi connectivity index (χ1v) is 11.3. The number of aromatic nitrogens is 6. The maximum absolute atomic E-state index is 14.9. The van der Waals surface area contributed by atoms with Gasteiger partial charge in [-0.1, -0.05) is 25.0 Å². The van der Waals surface area contributed by atoms with Crippen molar-refractivity contribution in [1.29, 1.82) is 0 Å². The molecule has 1 atom stereocenters. The standard InChI is InChI=1S/C22H14F2N8O3.C2H6/c23-12-2-4-16(26-8-12)17-10-34-22(33)32(17)18-5-6-31-19(28-18)14(9-27-31)11-1-3-13(15(24)7-11)20-29-30-21(25)35-20;1-2/h1-9,17H,10H2,(H2,25,30);1-2H3. The largest absolute Gasteiger partial charge is 0.446 e. The van der Waals surface area contributed by atoms with Crippen LogP contribution in [0, 0.1) is 11.6 Å². The molecule has 6 rings (SSSR count). The topological polar surface area (TPSA) is 138 Å². The summed E-state index contributed by atoms with van der Waals surface area (Å²) in [4.78, 5) is 22.5. The van der Waals surface area contributed by atoms with Crippen molar-refractivity contribution in [1.82, 2.24) is 29.8 Å². The molecule has 0 bridgehead atoms.